The van der Waals surface area contributed by atoms with Gasteiger partial charge in [0, 0.05) is 17.7 Å². The number of nitrogens with one attached hydrogen (secondary N) is 1. The molecule has 0 aliphatic carbocycles. The van der Waals surface area contributed by atoms with Gasteiger partial charge in [0.25, 0.3) is 0 Å². The first-order valence-electron chi connectivity index (χ1n) is 10.00. The number of rotatable bonds is 5. The summed E-state index contributed by atoms with van der Waals surface area (Å²) in [5, 5.41) is 31.4. The smallest absolute Gasteiger partial charge is 0.328 e. The van der Waals surface area contributed by atoms with Crippen molar-refractivity contribution in [1.29, 1.82) is 0 Å². The molecule has 4 N–H and O–H groups in total. The van der Waals surface area contributed by atoms with Gasteiger partial charge in [0.05, 0.1) is 26.7 Å². The van der Waals surface area contributed by atoms with E-state index >= 15 is 0 Å². The van der Waals surface area contributed by atoms with Gasteiger partial charge in [-0.1, -0.05) is 70.8 Å². The number of hydrogen-bond acceptors (Lipinski definition) is 6. The highest BCUT2D eigenvalue weighted by Gasteiger charge is 2.44. The fourth-order valence-electron chi connectivity index (χ4n) is 3.94. The minimum atomic E-state index is -1.46. The summed E-state index contributed by atoms with van der Waals surface area (Å²) in [6.07, 6.45) is -3.71. The van der Waals surface area contributed by atoms with Gasteiger partial charge in [-0.25, -0.2) is 4.79 Å². The monoisotopic (exact) mass is 562 g/mol. The Morgan fingerprint density at radius 3 is 2.00 bits per heavy atom. The van der Waals surface area contributed by atoms with Crippen molar-refractivity contribution in [3.05, 3.63) is 94.5 Å². The molecular formula is C22H18Cl4N2O5S. The minimum Gasteiger partial charge on any atom is -0.394 e. The molecule has 0 saturated carbocycles. The van der Waals surface area contributed by atoms with Crippen LogP contribution in [-0.2, 0) is 4.74 Å². The molecule has 34 heavy (non-hydrogen) atoms. The van der Waals surface area contributed by atoms with Crippen LogP contribution in [0.2, 0.25) is 20.1 Å². The van der Waals surface area contributed by atoms with Crippen molar-refractivity contribution in [2.45, 2.75) is 30.5 Å². The molecule has 0 unspecified atom stereocenters. The highest BCUT2D eigenvalue weighted by Crippen LogP contribution is 2.38. The first kappa shape index (κ1) is 25.6. The summed E-state index contributed by atoms with van der Waals surface area (Å²) < 4.78 is 6.77. The number of aliphatic hydroxyl groups is 3. The molecule has 3 aromatic rings. The lowest BCUT2D eigenvalue weighted by molar-refractivity contribution is -0.0551. The Labute approximate surface area is 219 Å². The van der Waals surface area contributed by atoms with Gasteiger partial charge in [0.15, 0.2) is 6.23 Å². The van der Waals surface area contributed by atoms with E-state index in [1.165, 1.54) is 6.20 Å². The number of halogens is 4. The number of H-pyrrole nitrogens is 1. The predicted octanol–water partition coefficient (Wildman–Crippen LogP) is 4.31. The van der Waals surface area contributed by atoms with Gasteiger partial charge in [-0.05, 0) is 35.4 Å². The van der Waals surface area contributed by atoms with E-state index in [2.05, 4.69) is 4.98 Å². The molecule has 2 aromatic carbocycles. The average molecular weight is 564 g/mol. The molecule has 0 radical (unpaired) electrons. The van der Waals surface area contributed by atoms with E-state index in [0.717, 1.165) is 4.57 Å². The third kappa shape index (κ3) is 4.80. The average Bonchev–Trinajstić information content (AvgIpc) is 3.08. The normalized spacial score (nSPS) is 22.5. The number of ether oxygens (including phenoxy) is 1. The summed E-state index contributed by atoms with van der Waals surface area (Å²) in [7, 11) is 0. The standard InChI is InChI=1S/C22H18Cl4N2O5S/c23-12-3-1-9(5-14(12)25)17(10-2-4-13(24)15(26)6-10)11-7-28(22(32)27-20(11)34)21-19(31)18(30)16(8-29)33-21/h1-7,16-19,21,29-31H,8H2,(H,27,32,34)/t16-,18-,19-,21-/m1/s1. The van der Waals surface area contributed by atoms with E-state index in [9.17, 15) is 20.1 Å². The first-order valence-corrected chi connectivity index (χ1v) is 11.9. The molecule has 1 aliphatic heterocycles. The van der Waals surface area contributed by atoms with Gasteiger partial charge in [-0.2, -0.15) is 0 Å². The number of aromatic nitrogens is 2. The number of benzene rings is 2. The van der Waals surface area contributed by atoms with Crippen LogP contribution in [0.3, 0.4) is 0 Å². The maximum absolute atomic E-state index is 12.7. The van der Waals surface area contributed by atoms with E-state index in [-0.39, 0.29) is 4.64 Å². The molecule has 0 spiro atoms. The lowest BCUT2D eigenvalue weighted by Crippen LogP contribution is -2.36. The predicted molar refractivity (Wildman–Crippen MR) is 133 cm³/mol. The van der Waals surface area contributed by atoms with Crippen LogP contribution in [0.25, 0.3) is 0 Å². The zero-order valence-corrected chi connectivity index (χ0v) is 21.0. The summed E-state index contributed by atoms with van der Waals surface area (Å²) in [5.74, 6) is -0.572. The van der Waals surface area contributed by atoms with E-state index < -0.39 is 42.8 Å². The number of aromatic amines is 1. The van der Waals surface area contributed by atoms with Gasteiger partial charge in [0.2, 0.25) is 0 Å². The van der Waals surface area contributed by atoms with Crippen molar-refractivity contribution in [1.82, 2.24) is 9.55 Å². The van der Waals surface area contributed by atoms with Crippen LogP contribution in [0.15, 0.2) is 47.4 Å². The van der Waals surface area contributed by atoms with Gasteiger partial charge in [-0.3, -0.25) is 9.55 Å². The van der Waals surface area contributed by atoms with Crippen LogP contribution in [0, 0.1) is 4.64 Å². The Bertz CT molecular complexity index is 1300. The van der Waals surface area contributed by atoms with E-state index in [1.807, 2.05) is 0 Å². The van der Waals surface area contributed by atoms with E-state index in [1.54, 1.807) is 36.4 Å². The van der Waals surface area contributed by atoms with Gasteiger partial charge in [0.1, 0.15) is 23.0 Å². The Morgan fingerprint density at radius 2 is 1.53 bits per heavy atom. The summed E-state index contributed by atoms with van der Waals surface area (Å²) in [5.41, 5.74) is 1.19. The molecule has 1 aromatic heterocycles. The van der Waals surface area contributed by atoms with Crippen LogP contribution in [0.5, 0.6) is 0 Å². The highest BCUT2D eigenvalue weighted by atomic mass is 35.5. The molecule has 4 rings (SSSR count). The fourth-order valence-corrected chi connectivity index (χ4v) is 4.81. The summed E-state index contributed by atoms with van der Waals surface area (Å²) in [6.45, 7) is -0.533. The Morgan fingerprint density at radius 1 is 0.971 bits per heavy atom. The van der Waals surface area contributed by atoms with Crippen molar-refractivity contribution in [3.8, 4) is 0 Å². The minimum absolute atomic E-state index is 0.134. The largest absolute Gasteiger partial charge is 0.394 e. The van der Waals surface area contributed by atoms with E-state index in [0.29, 0.717) is 36.8 Å². The molecule has 7 nitrogen and oxygen atoms in total. The second kappa shape index (κ2) is 10.3. The first-order chi connectivity index (χ1) is 16.1. The Balaban J connectivity index is 1.92. The number of nitrogens with zero attached hydrogens (tertiary/aromatic N) is 1. The number of hydrogen-bond donors (Lipinski definition) is 4. The number of aliphatic hydroxyl groups excluding tert-OH is 3. The molecule has 1 saturated heterocycles. The lowest BCUT2D eigenvalue weighted by atomic mass is 9.86. The molecule has 0 bridgehead atoms. The van der Waals surface area contributed by atoms with Gasteiger partial charge in [-0.15, -0.1) is 0 Å². The SMILES string of the molecule is O=c1[nH]c(=S)c(C(c2ccc(Cl)c(Cl)c2)c2ccc(Cl)c(Cl)c2)cn1[C@@H]1O[C@H](CO)[C@@H](O)[C@H]1O. The molecule has 0 amide bonds. The third-order valence-corrected chi connectivity index (χ3v) is 7.47. The van der Waals surface area contributed by atoms with Crippen molar-refractivity contribution in [2.75, 3.05) is 6.61 Å². The topological polar surface area (TPSA) is 108 Å². The molecule has 1 aliphatic rings. The lowest BCUT2D eigenvalue weighted by Gasteiger charge is -2.23. The van der Waals surface area contributed by atoms with Crippen molar-refractivity contribution < 1.29 is 20.1 Å². The summed E-state index contributed by atoms with van der Waals surface area (Å²) in [6, 6.07) is 10.1. The van der Waals surface area contributed by atoms with Crippen molar-refractivity contribution in [3.63, 3.8) is 0 Å². The van der Waals surface area contributed by atoms with Crippen LogP contribution in [0.1, 0.15) is 28.8 Å². The third-order valence-electron chi connectivity index (χ3n) is 5.65. The Hall–Kier alpha value is -1.46. The van der Waals surface area contributed by atoms with Crippen LogP contribution in [0.4, 0.5) is 0 Å². The van der Waals surface area contributed by atoms with Gasteiger partial charge < -0.3 is 20.1 Å². The fraction of sp³-hybridized carbons (Fsp3) is 0.273. The van der Waals surface area contributed by atoms with Crippen LogP contribution in [-0.4, -0.2) is 49.8 Å². The maximum Gasteiger partial charge on any atom is 0.328 e. The molecule has 4 atom stereocenters. The van der Waals surface area contributed by atoms with Crippen LogP contribution < -0.4 is 5.69 Å². The summed E-state index contributed by atoms with van der Waals surface area (Å²) >= 11 is 30.3. The maximum atomic E-state index is 12.7. The van der Waals surface area contributed by atoms with Crippen molar-refractivity contribution >= 4 is 58.6 Å². The second-order valence-electron chi connectivity index (χ2n) is 7.76. The molecule has 12 heteroatoms. The summed E-state index contributed by atoms with van der Waals surface area (Å²) in [4.78, 5) is 15.3. The molecule has 2 heterocycles. The molecule has 180 valence electrons. The van der Waals surface area contributed by atoms with Gasteiger partial charge >= 0.3 is 5.69 Å². The molecular weight excluding hydrogens is 546 g/mol. The highest BCUT2D eigenvalue weighted by molar-refractivity contribution is 7.71. The van der Waals surface area contributed by atoms with E-state index in [4.69, 9.17) is 63.4 Å². The molecule has 1 fully saturated rings. The quantitative estimate of drug-likeness (QED) is 0.345. The van der Waals surface area contributed by atoms with Crippen LogP contribution >= 0.6 is 58.6 Å². The van der Waals surface area contributed by atoms with Crippen molar-refractivity contribution in [2.24, 2.45) is 0 Å². The zero-order chi connectivity index (χ0) is 24.7. The zero-order valence-electron chi connectivity index (χ0n) is 17.2. The second-order valence-corrected chi connectivity index (χ2v) is 9.80. The Kier molecular flexibility index (Phi) is 7.74.